The average Bonchev–Trinajstić information content (AvgIpc) is 3.36. The van der Waals surface area contributed by atoms with Crippen LogP contribution in [0.3, 0.4) is 0 Å². The van der Waals surface area contributed by atoms with E-state index in [1.165, 1.54) is 44.4 Å². The number of carboxylic acids is 1. The Labute approximate surface area is 213 Å². The molecule has 0 spiro atoms. The average molecular weight is 540 g/mol. The van der Waals surface area contributed by atoms with Crippen LogP contribution >= 0.6 is 34.9 Å². The van der Waals surface area contributed by atoms with Gasteiger partial charge in [0.1, 0.15) is 16.8 Å². The van der Waals surface area contributed by atoms with E-state index >= 15 is 0 Å². The van der Waals surface area contributed by atoms with Crippen molar-refractivity contribution >= 4 is 58.3 Å². The number of rotatable bonds is 8. The van der Waals surface area contributed by atoms with E-state index in [0.29, 0.717) is 12.1 Å². The first kappa shape index (κ1) is 25.5. The zero-order valence-electron chi connectivity index (χ0n) is 19.3. The molecule has 0 aliphatic carbocycles. The van der Waals surface area contributed by atoms with Crippen LogP contribution in [0.4, 0.5) is 5.69 Å². The molecule has 4 rings (SSSR count). The van der Waals surface area contributed by atoms with Gasteiger partial charge >= 0.3 is 11.5 Å². The number of anilines is 1. The van der Waals surface area contributed by atoms with E-state index in [1.54, 1.807) is 18.4 Å². The number of hydrogen-bond donors (Lipinski definition) is 2. The van der Waals surface area contributed by atoms with Gasteiger partial charge in [0.25, 0.3) is 5.88 Å². The lowest BCUT2D eigenvalue weighted by atomic mass is 9.89. The molecule has 0 radical (unpaired) electrons. The Morgan fingerprint density at radius 1 is 1.37 bits per heavy atom. The summed E-state index contributed by atoms with van der Waals surface area (Å²) in [5.74, 6) is -2.04. The van der Waals surface area contributed by atoms with Crippen LogP contribution in [0.5, 0.6) is 5.88 Å². The third-order valence-electron chi connectivity index (χ3n) is 6.33. The minimum absolute atomic E-state index is 0.0171. The molecule has 188 valence electrons. The van der Waals surface area contributed by atoms with Crippen LogP contribution in [-0.4, -0.2) is 77.1 Å². The first-order valence-corrected chi connectivity index (χ1v) is 13.9. The van der Waals surface area contributed by atoms with Crippen LogP contribution in [0.2, 0.25) is 0 Å². The molecule has 4 heterocycles. The van der Waals surface area contributed by atoms with Gasteiger partial charge in [-0.05, 0) is 24.8 Å². The number of aromatic hydroxyl groups is 1. The lowest BCUT2D eigenvalue weighted by Gasteiger charge is -2.56. The molecule has 2 saturated heterocycles. The molecular formula is C21H25N5O6S3. The highest BCUT2D eigenvalue weighted by Gasteiger charge is 2.59. The van der Waals surface area contributed by atoms with Crippen molar-refractivity contribution in [1.29, 1.82) is 0 Å². The third-order valence-corrected chi connectivity index (χ3v) is 9.81. The van der Waals surface area contributed by atoms with Gasteiger partial charge in [-0.15, -0.1) is 22.0 Å². The van der Waals surface area contributed by atoms with Crippen molar-refractivity contribution in [2.24, 2.45) is 5.41 Å². The third kappa shape index (κ3) is 4.42. The predicted molar refractivity (Wildman–Crippen MR) is 133 cm³/mol. The topological polar surface area (TPSA) is 146 Å². The number of fused-ring (bicyclic) bond motifs is 1. The Balaban J connectivity index is 1.55. The second-order valence-corrected chi connectivity index (χ2v) is 11.4. The largest absolute Gasteiger partial charge is 0.488 e. The number of thioether (sulfide) groups is 2. The number of carbonyl (C=O) groups excluding carboxylic acids is 2. The van der Waals surface area contributed by atoms with E-state index in [-0.39, 0.29) is 46.4 Å². The zero-order chi connectivity index (χ0) is 25.5. The van der Waals surface area contributed by atoms with Crippen LogP contribution in [-0.2, 0) is 14.4 Å². The predicted octanol–water partition coefficient (Wildman–Crippen LogP) is 1.88. The molecule has 2 N–H and O–H groups in total. The molecule has 14 heteroatoms. The lowest BCUT2D eigenvalue weighted by Crippen LogP contribution is -2.74. The number of carboxylic acid groups (broad SMARTS) is 1. The maximum atomic E-state index is 13.1. The summed E-state index contributed by atoms with van der Waals surface area (Å²) in [6, 6.07) is 0.832. The van der Waals surface area contributed by atoms with E-state index in [4.69, 9.17) is 0 Å². The Kier molecular flexibility index (Phi) is 7.16. The molecule has 2 aromatic rings. The Morgan fingerprint density at radius 3 is 2.71 bits per heavy atom. The smallest absolute Gasteiger partial charge is 0.317 e. The normalized spacial score (nSPS) is 24.4. The van der Waals surface area contributed by atoms with E-state index in [2.05, 4.69) is 10.2 Å². The number of β-lactam (4-membered cyclic amide) rings is 1. The van der Waals surface area contributed by atoms with Crippen molar-refractivity contribution in [2.75, 3.05) is 23.0 Å². The Hall–Kier alpha value is -2.58. The van der Waals surface area contributed by atoms with Gasteiger partial charge in [0.2, 0.25) is 11.8 Å². The van der Waals surface area contributed by atoms with Crippen LogP contribution in [0.25, 0.3) is 0 Å². The summed E-state index contributed by atoms with van der Waals surface area (Å²) >= 11 is 3.83. The maximum Gasteiger partial charge on any atom is 0.317 e. The summed E-state index contributed by atoms with van der Waals surface area (Å²) in [5, 5.41) is 30.8. The molecule has 0 saturated carbocycles. The van der Waals surface area contributed by atoms with Gasteiger partial charge < -0.3 is 15.1 Å². The van der Waals surface area contributed by atoms with Crippen LogP contribution in [0, 0.1) is 5.41 Å². The second-order valence-electron chi connectivity index (χ2n) is 8.60. The lowest BCUT2D eigenvalue weighted by molar-refractivity contribution is -0.156. The zero-order valence-corrected chi connectivity index (χ0v) is 21.7. The number of thiophene rings is 1. The molecule has 11 nitrogen and oxygen atoms in total. The molecule has 0 bridgehead atoms. The van der Waals surface area contributed by atoms with E-state index < -0.39 is 28.9 Å². The van der Waals surface area contributed by atoms with Gasteiger partial charge in [0, 0.05) is 36.4 Å². The monoisotopic (exact) mass is 539 g/mol. The number of aromatic nitrogens is 3. The fraction of sp³-hybridized carbons (Fsp3) is 0.524. The fourth-order valence-electron chi connectivity index (χ4n) is 4.17. The van der Waals surface area contributed by atoms with Crippen LogP contribution in [0.15, 0.2) is 26.8 Å². The molecule has 2 amide bonds. The summed E-state index contributed by atoms with van der Waals surface area (Å²) in [6.45, 7) is 5.07. The first-order chi connectivity index (χ1) is 16.6. The molecule has 2 aliphatic heterocycles. The summed E-state index contributed by atoms with van der Waals surface area (Å²) < 4.78 is 1.32. The molecule has 3 unspecified atom stereocenters. The van der Waals surface area contributed by atoms with Crippen molar-refractivity contribution in [3.8, 4) is 5.88 Å². The van der Waals surface area contributed by atoms with Gasteiger partial charge in [0.05, 0.1) is 5.69 Å². The molecular weight excluding hydrogens is 514 g/mol. The van der Waals surface area contributed by atoms with Gasteiger partial charge in [-0.1, -0.05) is 18.7 Å². The molecule has 2 aromatic heterocycles. The second kappa shape index (κ2) is 9.82. The van der Waals surface area contributed by atoms with E-state index in [0.717, 1.165) is 11.8 Å². The minimum atomic E-state index is -1.29. The van der Waals surface area contributed by atoms with E-state index in [1.807, 2.05) is 12.3 Å². The highest BCUT2D eigenvalue weighted by Crippen LogP contribution is 2.46. The molecule has 2 fully saturated rings. The highest BCUT2D eigenvalue weighted by molar-refractivity contribution is 8.00. The molecule has 35 heavy (non-hydrogen) atoms. The number of carbonyl (C=O) groups is 3. The van der Waals surface area contributed by atoms with Crippen molar-refractivity contribution < 1.29 is 24.6 Å². The molecule has 4 atom stereocenters. The Bertz CT molecular complexity index is 1200. The van der Waals surface area contributed by atoms with Crippen molar-refractivity contribution in [2.45, 2.75) is 49.8 Å². The number of amides is 2. The van der Waals surface area contributed by atoms with Gasteiger partial charge in [-0.3, -0.25) is 28.6 Å². The SMILES string of the molecule is CCC(C)n1c(SCC2(C(=O)O)CS[C@@H]3C(N(C(C)=O)c4ccsc4)C(=O)N3C2)nnc(O)c1=O. The van der Waals surface area contributed by atoms with Crippen molar-refractivity contribution in [3.05, 3.63) is 27.2 Å². The summed E-state index contributed by atoms with van der Waals surface area (Å²) in [7, 11) is 0. The van der Waals surface area contributed by atoms with Crippen LogP contribution < -0.4 is 10.5 Å². The Morgan fingerprint density at radius 2 is 2.11 bits per heavy atom. The van der Waals surface area contributed by atoms with Crippen molar-refractivity contribution in [3.63, 3.8) is 0 Å². The number of aliphatic carboxylic acids is 1. The fourth-order valence-corrected chi connectivity index (χ4v) is 7.73. The number of nitrogens with zero attached hydrogens (tertiary/aromatic N) is 5. The first-order valence-electron chi connectivity index (χ1n) is 10.9. The van der Waals surface area contributed by atoms with Crippen molar-refractivity contribution in [1.82, 2.24) is 19.7 Å². The summed E-state index contributed by atoms with van der Waals surface area (Å²) in [5.41, 5.74) is -1.32. The van der Waals surface area contributed by atoms with Gasteiger partial charge in [-0.25, -0.2) is 0 Å². The van der Waals surface area contributed by atoms with Crippen LogP contribution in [0.1, 0.15) is 33.2 Å². The molecule has 2 aliphatic rings. The molecule has 0 aromatic carbocycles. The minimum Gasteiger partial charge on any atom is -0.488 e. The van der Waals surface area contributed by atoms with E-state index in [9.17, 15) is 29.4 Å². The highest BCUT2D eigenvalue weighted by atomic mass is 32.2. The summed E-state index contributed by atoms with van der Waals surface area (Å²) in [4.78, 5) is 53.3. The maximum absolute atomic E-state index is 13.1. The quantitative estimate of drug-likeness (QED) is 0.376. The number of hydrogen-bond acceptors (Lipinski definition) is 10. The van der Waals surface area contributed by atoms with Gasteiger partial charge in [0.15, 0.2) is 5.16 Å². The standard InChI is InChI=1S/C21H25N5O6S3/c1-4-11(2)25-17(30)15(28)22-23-20(25)35-10-21(19(31)32)8-24-16(29)14(18(24)34-9-21)26(12(3)27)13-5-6-33-7-13/h5-7,11,14,18H,4,8-10H2,1-3H3,(H,22,28)(H,31,32)/t11?,14?,18-,21?/m1/s1. The van der Waals surface area contributed by atoms with Gasteiger partial charge in [-0.2, -0.15) is 11.3 Å². The summed E-state index contributed by atoms with van der Waals surface area (Å²) in [6.07, 6.45) is 0.598.